The molecule has 0 amide bonds. The monoisotopic (exact) mass is 390 g/mol. The van der Waals surface area contributed by atoms with Gasteiger partial charge in [0.2, 0.25) is 5.75 Å². The van der Waals surface area contributed by atoms with Crippen molar-refractivity contribution in [3.05, 3.63) is 51.3 Å². The fourth-order valence-corrected chi connectivity index (χ4v) is 2.92. The lowest BCUT2D eigenvalue weighted by Crippen LogP contribution is -2.02. The van der Waals surface area contributed by atoms with Gasteiger partial charge in [0.05, 0.1) is 26.7 Å². The van der Waals surface area contributed by atoms with Gasteiger partial charge in [0.15, 0.2) is 11.5 Å². The van der Waals surface area contributed by atoms with Gasteiger partial charge in [-0.3, -0.25) is 0 Å². The summed E-state index contributed by atoms with van der Waals surface area (Å²) < 4.78 is 22.6. The third kappa shape index (κ3) is 2.73. The van der Waals surface area contributed by atoms with E-state index in [2.05, 4.69) is 15.9 Å². The SMILES string of the molecule is COc1cc2oc(=O)cc(-c3ccc(Br)cc3)c2c(OC)c1OC. The Morgan fingerprint density at radius 1 is 0.917 bits per heavy atom. The third-order valence-corrected chi connectivity index (χ3v) is 4.22. The molecule has 0 N–H and O–H groups in total. The highest BCUT2D eigenvalue weighted by molar-refractivity contribution is 9.10. The van der Waals surface area contributed by atoms with Crippen molar-refractivity contribution in [2.45, 2.75) is 0 Å². The van der Waals surface area contributed by atoms with Crippen molar-refractivity contribution < 1.29 is 18.6 Å². The lowest BCUT2D eigenvalue weighted by molar-refractivity contribution is 0.326. The molecule has 0 aliphatic carbocycles. The molecule has 1 heterocycles. The zero-order chi connectivity index (χ0) is 17.3. The standard InChI is InChI=1S/C18H15BrO5/c1-21-14-9-13-16(18(23-3)17(14)22-2)12(8-15(20)24-13)10-4-6-11(19)7-5-10/h4-9H,1-3H3. The summed E-state index contributed by atoms with van der Waals surface area (Å²) in [6.07, 6.45) is 0. The molecule has 2 aromatic carbocycles. The Balaban J connectivity index is 2.45. The zero-order valence-corrected chi connectivity index (χ0v) is 15.0. The van der Waals surface area contributed by atoms with Gasteiger partial charge < -0.3 is 18.6 Å². The van der Waals surface area contributed by atoms with Crippen molar-refractivity contribution >= 4 is 26.9 Å². The Morgan fingerprint density at radius 3 is 2.17 bits per heavy atom. The number of rotatable bonds is 4. The maximum absolute atomic E-state index is 12.0. The minimum absolute atomic E-state index is 0.370. The van der Waals surface area contributed by atoms with Crippen LogP contribution in [0.3, 0.4) is 0 Å². The number of halogens is 1. The smallest absolute Gasteiger partial charge is 0.336 e. The topological polar surface area (TPSA) is 57.9 Å². The van der Waals surface area contributed by atoms with Gasteiger partial charge >= 0.3 is 5.63 Å². The first-order chi connectivity index (χ1) is 11.6. The van der Waals surface area contributed by atoms with E-state index in [-0.39, 0.29) is 0 Å². The maximum atomic E-state index is 12.0. The average molecular weight is 391 g/mol. The van der Waals surface area contributed by atoms with Crippen molar-refractivity contribution in [1.82, 2.24) is 0 Å². The minimum Gasteiger partial charge on any atom is -0.493 e. The fraction of sp³-hybridized carbons (Fsp3) is 0.167. The maximum Gasteiger partial charge on any atom is 0.336 e. The van der Waals surface area contributed by atoms with E-state index in [0.29, 0.717) is 33.8 Å². The van der Waals surface area contributed by atoms with Gasteiger partial charge in [-0.1, -0.05) is 28.1 Å². The molecule has 0 aliphatic heterocycles. The Morgan fingerprint density at radius 2 is 1.58 bits per heavy atom. The molecular formula is C18H15BrO5. The van der Waals surface area contributed by atoms with Crippen molar-refractivity contribution in [1.29, 1.82) is 0 Å². The second kappa shape index (κ2) is 6.57. The van der Waals surface area contributed by atoms with E-state index < -0.39 is 5.63 Å². The van der Waals surface area contributed by atoms with Crippen LogP contribution in [0.25, 0.3) is 22.1 Å². The summed E-state index contributed by atoms with van der Waals surface area (Å²) in [6.45, 7) is 0. The van der Waals surface area contributed by atoms with Crippen LogP contribution in [0, 0.1) is 0 Å². The van der Waals surface area contributed by atoms with Crippen LogP contribution in [0.1, 0.15) is 0 Å². The molecule has 1 aromatic heterocycles. The molecule has 0 saturated heterocycles. The van der Waals surface area contributed by atoms with Crippen LogP contribution in [0.2, 0.25) is 0 Å². The first-order valence-electron chi connectivity index (χ1n) is 7.11. The fourth-order valence-electron chi connectivity index (χ4n) is 2.65. The molecule has 0 spiro atoms. The molecule has 0 saturated carbocycles. The van der Waals surface area contributed by atoms with E-state index in [0.717, 1.165) is 10.0 Å². The Kier molecular flexibility index (Phi) is 4.49. The van der Waals surface area contributed by atoms with Gasteiger partial charge in [0.25, 0.3) is 0 Å². The lowest BCUT2D eigenvalue weighted by Gasteiger charge is -2.16. The Hall–Kier alpha value is -2.47. The number of methoxy groups -OCH3 is 3. The lowest BCUT2D eigenvalue weighted by atomic mass is 10.0. The van der Waals surface area contributed by atoms with Crippen LogP contribution in [0.15, 0.2) is 50.1 Å². The van der Waals surface area contributed by atoms with Crippen LogP contribution in [0.4, 0.5) is 0 Å². The molecule has 5 nitrogen and oxygen atoms in total. The van der Waals surface area contributed by atoms with Gasteiger partial charge in [-0.25, -0.2) is 4.79 Å². The highest BCUT2D eigenvalue weighted by Crippen LogP contribution is 2.46. The van der Waals surface area contributed by atoms with E-state index in [1.807, 2.05) is 24.3 Å². The van der Waals surface area contributed by atoms with E-state index in [9.17, 15) is 4.79 Å². The number of benzene rings is 2. The summed E-state index contributed by atoms with van der Waals surface area (Å²) >= 11 is 3.41. The summed E-state index contributed by atoms with van der Waals surface area (Å²) in [5.41, 5.74) is 1.48. The number of hydrogen-bond acceptors (Lipinski definition) is 5. The quantitative estimate of drug-likeness (QED) is 0.623. The van der Waals surface area contributed by atoms with Crippen LogP contribution < -0.4 is 19.8 Å². The van der Waals surface area contributed by atoms with Gasteiger partial charge in [-0.2, -0.15) is 0 Å². The van der Waals surface area contributed by atoms with Crippen LogP contribution >= 0.6 is 15.9 Å². The summed E-state index contributed by atoms with van der Waals surface area (Å²) in [4.78, 5) is 12.0. The van der Waals surface area contributed by atoms with Crippen molar-refractivity contribution in [2.24, 2.45) is 0 Å². The van der Waals surface area contributed by atoms with Crippen LogP contribution in [-0.2, 0) is 0 Å². The molecule has 24 heavy (non-hydrogen) atoms. The zero-order valence-electron chi connectivity index (χ0n) is 13.4. The summed E-state index contributed by atoms with van der Waals surface area (Å²) in [6, 6.07) is 10.7. The molecule has 3 rings (SSSR count). The van der Waals surface area contributed by atoms with Crippen molar-refractivity contribution in [3.8, 4) is 28.4 Å². The largest absolute Gasteiger partial charge is 0.493 e. The Labute approximate surface area is 146 Å². The second-order valence-electron chi connectivity index (χ2n) is 5.00. The molecule has 0 unspecified atom stereocenters. The average Bonchev–Trinajstić information content (AvgIpc) is 2.59. The van der Waals surface area contributed by atoms with E-state index in [1.54, 1.807) is 6.07 Å². The van der Waals surface area contributed by atoms with Gasteiger partial charge in [0.1, 0.15) is 5.58 Å². The highest BCUT2D eigenvalue weighted by atomic mass is 79.9. The van der Waals surface area contributed by atoms with Crippen LogP contribution in [0.5, 0.6) is 17.2 Å². The highest BCUT2D eigenvalue weighted by Gasteiger charge is 2.21. The molecule has 124 valence electrons. The minimum atomic E-state index is -0.449. The molecule has 3 aromatic rings. The van der Waals surface area contributed by atoms with Gasteiger partial charge in [-0.15, -0.1) is 0 Å². The van der Waals surface area contributed by atoms with Crippen LogP contribution in [-0.4, -0.2) is 21.3 Å². The first-order valence-corrected chi connectivity index (χ1v) is 7.91. The molecule has 0 aliphatic rings. The number of hydrogen-bond donors (Lipinski definition) is 0. The molecule has 0 radical (unpaired) electrons. The molecular weight excluding hydrogens is 376 g/mol. The first kappa shape index (κ1) is 16.4. The molecule has 0 atom stereocenters. The van der Waals surface area contributed by atoms with E-state index in [4.69, 9.17) is 18.6 Å². The van der Waals surface area contributed by atoms with Crippen molar-refractivity contribution in [3.63, 3.8) is 0 Å². The predicted octanol–water partition coefficient (Wildman–Crippen LogP) is 4.25. The summed E-state index contributed by atoms with van der Waals surface area (Å²) in [5, 5.41) is 0.650. The van der Waals surface area contributed by atoms with Gasteiger partial charge in [0, 0.05) is 22.2 Å². The predicted molar refractivity (Wildman–Crippen MR) is 95.3 cm³/mol. The Bertz CT molecular complexity index is 944. The molecule has 0 fully saturated rings. The number of fused-ring (bicyclic) bond motifs is 1. The van der Waals surface area contributed by atoms with Crippen molar-refractivity contribution in [2.75, 3.05) is 21.3 Å². The molecule has 0 bridgehead atoms. The third-order valence-electron chi connectivity index (χ3n) is 3.69. The molecule has 6 heteroatoms. The van der Waals surface area contributed by atoms with E-state index in [1.165, 1.54) is 27.4 Å². The van der Waals surface area contributed by atoms with E-state index >= 15 is 0 Å². The normalized spacial score (nSPS) is 10.7. The van der Waals surface area contributed by atoms with Gasteiger partial charge in [-0.05, 0) is 17.7 Å². The summed E-state index contributed by atoms with van der Waals surface area (Å²) in [5.74, 6) is 1.33. The number of ether oxygens (including phenoxy) is 3. The summed E-state index contributed by atoms with van der Waals surface area (Å²) in [7, 11) is 4.58. The second-order valence-corrected chi connectivity index (χ2v) is 5.92.